The van der Waals surface area contributed by atoms with Crippen molar-refractivity contribution >= 4 is 17.7 Å². The lowest BCUT2D eigenvalue weighted by Gasteiger charge is -2.34. The van der Waals surface area contributed by atoms with Gasteiger partial charge in [-0.05, 0) is 40.0 Å². The number of aromatic nitrogens is 3. The van der Waals surface area contributed by atoms with Crippen molar-refractivity contribution in [2.45, 2.75) is 77.0 Å². The van der Waals surface area contributed by atoms with Gasteiger partial charge in [-0.3, -0.25) is 9.48 Å². The number of amides is 1. The second-order valence-electron chi connectivity index (χ2n) is 9.59. The summed E-state index contributed by atoms with van der Waals surface area (Å²) in [5.74, 6) is -0.473. The summed E-state index contributed by atoms with van der Waals surface area (Å²) in [7, 11) is 1.78. The largest absolute Gasteiger partial charge is 0.444 e. The fourth-order valence-corrected chi connectivity index (χ4v) is 4.47. The fourth-order valence-electron chi connectivity index (χ4n) is 4.47. The van der Waals surface area contributed by atoms with E-state index in [1.54, 1.807) is 24.1 Å². The molecule has 1 amide bonds. The molecule has 0 bridgehead atoms. The van der Waals surface area contributed by atoms with Crippen LogP contribution in [-0.4, -0.2) is 44.3 Å². The summed E-state index contributed by atoms with van der Waals surface area (Å²) >= 11 is 0. The minimum Gasteiger partial charge on any atom is -0.444 e. The zero-order chi connectivity index (χ0) is 23.0. The van der Waals surface area contributed by atoms with Crippen LogP contribution in [0.15, 0.2) is 12.4 Å². The number of rotatable bonds is 4. The van der Waals surface area contributed by atoms with Crippen LogP contribution in [0.5, 0.6) is 0 Å². The molecule has 1 saturated carbocycles. The van der Waals surface area contributed by atoms with E-state index in [4.69, 9.17) is 4.74 Å². The van der Waals surface area contributed by atoms with Crippen molar-refractivity contribution in [3.8, 4) is 11.3 Å². The number of hydrogen-bond donors (Lipinski definition) is 2. The quantitative estimate of drug-likeness (QED) is 0.741. The van der Waals surface area contributed by atoms with E-state index in [0.717, 1.165) is 25.7 Å². The average Bonchev–Trinajstić information content (AvgIpc) is 3.30. The fraction of sp³-hybridized carbons (Fsp3) is 0.565. The Kier molecular flexibility index (Phi) is 5.92. The van der Waals surface area contributed by atoms with Gasteiger partial charge in [0, 0.05) is 36.8 Å². The molecule has 2 N–H and O–H groups in total. The molecule has 32 heavy (non-hydrogen) atoms. The molecule has 0 aliphatic heterocycles. The maximum Gasteiger partial charge on any atom is 0.407 e. The van der Waals surface area contributed by atoms with Gasteiger partial charge < -0.3 is 15.4 Å². The molecule has 1 fully saturated rings. The van der Waals surface area contributed by atoms with Crippen LogP contribution in [0, 0.1) is 5.82 Å². The Morgan fingerprint density at radius 3 is 2.59 bits per heavy atom. The molecular weight excluding hydrogens is 413 g/mol. The number of nitrogens with zero attached hydrogens (tertiary/aromatic N) is 3. The minimum atomic E-state index is -0.597. The maximum absolute atomic E-state index is 15.4. The van der Waals surface area contributed by atoms with Gasteiger partial charge in [-0.2, -0.15) is 5.10 Å². The first kappa shape index (κ1) is 22.2. The molecule has 2 atom stereocenters. The van der Waals surface area contributed by atoms with Crippen molar-refractivity contribution in [1.82, 2.24) is 20.1 Å². The number of alkyl carbamates (subject to hydrolysis) is 1. The third kappa shape index (κ3) is 4.61. The van der Waals surface area contributed by atoms with Crippen molar-refractivity contribution in [3.05, 3.63) is 29.3 Å². The van der Waals surface area contributed by atoms with Crippen LogP contribution in [0.3, 0.4) is 0 Å². The molecule has 172 valence electrons. The van der Waals surface area contributed by atoms with E-state index in [1.165, 1.54) is 0 Å². The van der Waals surface area contributed by atoms with Crippen LogP contribution in [0.4, 0.5) is 15.0 Å². The third-order valence-corrected chi connectivity index (χ3v) is 5.88. The lowest BCUT2D eigenvalue weighted by molar-refractivity contribution is 0.0488. The van der Waals surface area contributed by atoms with E-state index in [9.17, 15) is 9.59 Å². The van der Waals surface area contributed by atoms with Gasteiger partial charge in [0.25, 0.3) is 0 Å². The third-order valence-electron chi connectivity index (χ3n) is 5.88. The summed E-state index contributed by atoms with van der Waals surface area (Å²) in [6.07, 6.45) is 6.99. The minimum absolute atomic E-state index is 0.0982. The highest BCUT2D eigenvalue weighted by Gasteiger charge is 2.33. The van der Waals surface area contributed by atoms with Gasteiger partial charge in [-0.15, -0.1) is 0 Å². The van der Waals surface area contributed by atoms with Gasteiger partial charge in [0.05, 0.1) is 23.5 Å². The molecule has 8 nitrogen and oxygen atoms in total. The highest BCUT2D eigenvalue weighted by Crippen LogP contribution is 2.36. The van der Waals surface area contributed by atoms with Gasteiger partial charge >= 0.3 is 6.09 Å². The number of carbonyl (C=O) groups excluding carboxylic acids is 2. The van der Waals surface area contributed by atoms with Crippen LogP contribution in [-0.2, 0) is 18.2 Å². The van der Waals surface area contributed by atoms with E-state index < -0.39 is 17.5 Å². The van der Waals surface area contributed by atoms with Gasteiger partial charge in [0.1, 0.15) is 5.60 Å². The highest BCUT2D eigenvalue weighted by atomic mass is 19.1. The Bertz CT molecular complexity index is 1040. The van der Waals surface area contributed by atoms with Crippen LogP contribution >= 0.6 is 0 Å². The van der Waals surface area contributed by atoms with Crippen LogP contribution in [0.1, 0.15) is 68.8 Å². The first-order valence-corrected chi connectivity index (χ1v) is 11.1. The monoisotopic (exact) mass is 443 g/mol. The standard InChI is InChI=1S/C23H30FN5O3/c1-23(2,3)32-22(31)27-16-8-6-5-7-15(16)26-21-19(24)14-9-10-17(30)18(14)20(28-21)13-11-25-29(4)12-13/h11-12,15-16H,5-10H2,1-4H3,(H,26,28)(H,27,31)/t15-,16+/m1/s1. The lowest BCUT2D eigenvalue weighted by Crippen LogP contribution is -2.50. The molecule has 9 heteroatoms. The molecular formula is C23H30FN5O3. The Hall–Kier alpha value is -2.97. The van der Waals surface area contributed by atoms with E-state index in [1.807, 2.05) is 20.8 Å². The lowest BCUT2D eigenvalue weighted by atomic mass is 9.90. The molecule has 2 aliphatic rings. The van der Waals surface area contributed by atoms with Crippen molar-refractivity contribution in [3.63, 3.8) is 0 Å². The summed E-state index contributed by atoms with van der Waals surface area (Å²) in [4.78, 5) is 29.4. The van der Waals surface area contributed by atoms with E-state index in [2.05, 4.69) is 20.7 Å². The topological polar surface area (TPSA) is 98.1 Å². The molecule has 0 unspecified atom stereocenters. The van der Waals surface area contributed by atoms with Gasteiger partial charge in [0.2, 0.25) is 0 Å². The van der Waals surface area contributed by atoms with Gasteiger partial charge in [-0.1, -0.05) is 12.8 Å². The number of pyridine rings is 1. The molecule has 2 aromatic heterocycles. The number of ether oxygens (including phenoxy) is 1. The van der Waals surface area contributed by atoms with Gasteiger partial charge in [-0.25, -0.2) is 14.2 Å². The molecule has 4 rings (SSSR count). The molecule has 0 aromatic carbocycles. The number of anilines is 1. The number of ketones is 1. The summed E-state index contributed by atoms with van der Waals surface area (Å²) in [5.41, 5.74) is 1.29. The smallest absolute Gasteiger partial charge is 0.407 e. The molecule has 0 saturated heterocycles. The number of fused-ring (bicyclic) bond motifs is 1. The SMILES string of the molecule is Cn1cc(-c2nc(N[C@@H]3CCCC[C@@H]3NC(=O)OC(C)(C)C)c(F)c3c2C(=O)CC3)cn1. The summed E-state index contributed by atoms with van der Waals surface area (Å²) < 4.78 is 22.4. The molecule has 2 heterocycles. The zero-order valence-corrected chi connectivity index (χ0v) is 19.0. The Morgan fingerprint density at radius 2 is 1.94 bits per heavy atom. The number of Topliss-reactive ketones (excluding diaryl/α,β-unsaturated/α-hetero) is 1. The molecule has 2 aromatic rings. The van der Waals surface area contributed by atoms with Crippen molar-refractivity contribution in [2.24, 2.45) is 7.05 Å². The van der Waals surface area contributed by atoms with Crippen molar-refractivity contribution in [2.75, 3.05) is 5.32 Å². The normalized spacial score (nSPS) is 20.7. The highest BCUT2D eigenvalue weighted by molar-refractivity contribution is 6.05. The second kappa shape index (κ2) is 8.52. The van der Waals surface area contributed by atoms with Crippen LogP contribution in [0.25, 0.3) is 11.3 Å². The first-order chi connectivity index (χ1) is 15.1. The molecule has 0 spiro atoms. The van der Waals surface area contributed by atoms with E-state index in [0.29, 0.717) is 28.8 Å². The summed E-state index contributed by atoms with van der Waals surface area (Å²) in [6, 6.07) is -0.410. The first-order valence-electron chi connectivity index (χ1n) is 11.1. The van der Waals surface area contributed by atoms with E-state index in [-0.39, 0.29) is 30.1 Å². The number of hydrogen-bond acceptors (Lipinski definition) is 6. The van der Waals surface area contributed by atoms with E-state index >= 15 is 4.39 Å². The predicted octanol–water partition coefficient (Wildman–Crippen LogP) is 4.00. The average molecular weight is 444 g/mol. The molecule has 2 aliphatic carbocycles. The predicted molar refractivity (Wildman–Crippen MR) is 118 cm³/mol. The summed E-state index contributed by atoms with van der Waals surface area (Å²) in [5, 5.41) is 10.3. The Morgan fingerprint density at radius 1 is 1.22 bits per heavy atom. The number of halogens is 1. The molecule has 0 radical (unpaired) electrons. The Balaban J connectivity index is 1.63. The van der Waals surface area contributed by atoms with Crippen LogP contribution in [0.2, 0.25) is 0 Å². The van der Waals surface area contributed by atoms with Crippen molar-refractivity contribution in [1.29, 1.82) is 0 Å². The van der Waals surface area contributed by atoms with Crippen LogP contribution < -0.4 is 10.6 Å². The zero-order valence-electron chi connectivity index (χ0n) is 19.0. The number of carbonyl (C=O) groups is 2. The number of aryl methyl sites for hydroxylation is 1. The maximum atomic E-state index is 15.4. The van der Waals surface area contributed by atoms with Gasteiger partial charge in [0.15, 0.2) is 17.4 Å². The number of nitrogens with one attached hydrogen (secondary N) is 2. The van der Waals surface area contributed by atoms with Crippen molar-refractivity contribution < 1.29 is 18.7 Å². The second-order valence-corrected chi connectivity index (χ2v) is 9.59. The Labute approximate surface area is 186 Å². The summed E-state index contributed by atoms with van der Waals surface area (Å²) in [6.45, 7) is 5.44.